The molecule has 1 fully saturated rings. The summed E-state index contributed by atoms with van der Waals surface area (Å²) in [7, 11) is 0. The van der Waals surface area contributed by atoms with Gasteiger partial charge in [0.1, 0.15) is 0 Å². The standard InChI is InChI=1S/C16H20ClN3/c17-14-9-5-4-8-13(14)10-20-11-15(18)16(19-20)12-6-2-1-3-7-12/h4-5,8-9,11-12H,1-3,6-7,10,18H2. The Morgan fingerprint density at radius 1 is 1.20 bits per heavy atom. The van der Waals surface area contributed by atoms with Crippen molar-refractivity contribution >= 4 is 17.3 Å². The van der Waals surface area contributed by atoms with Gasteiger partial charge in [0.2, 0.25) is 0 Å². The minimum absolute atomic E-state index is 0.538. The van der Waals surface area contributed by atoms with Crippen LogP contribution in [0.3, 0.4) is 0 Å². The van der Waals surface area contributed by atoms with Crippen LogP contribution >= 0.6 is 11.6 Å². The highest BCUT2D eigenvalue weighted by Gasteiger charge is 2.21. The second kappa shape index (κ2) is 5.88. The van der Waals surface area contributed by atoms with Crippen LogP contribution in [0.25, 0.3) is 0 Å². The Bertz CT molecular complexity index is 585. The Hall–Kier alpha value is -1.48. The first kappa shape index (κ1) is 13.5. The lowest BCUT2D eigenvalue weighted by Crippen LogP contribution is -2.08. The molecule has 0 saturated heterocycles. The van der Waals surface area contributed by atoms with Crippen LogP contribution < -0.4 is 5.73 Å². The smallest absolute Gasteiger partial charge is 0.0884 e. The average molecular weight is 290 g/mol. The van der Waals surface area contributed by atoms with Crippen molar-refractivity contribution in [1.82, 2.24) is 9.78 Å². The van der Waals surface area contributed by atoms with Crippen LogP contribution in [0.2, 0.25) is 5.02 Å². The zero-order chi connectivity index (χ0) is 13.9. The Balaban J connectivity index is 1.80. The first-order chi connectivity index (χ1) is 9.74. The normalized spacial score (nSPS) is 16.4. The molecule has 3 rings (SSSR count). The van der Waals surface area contributed by atoms with Gasteiger partial charge in [-0.3, -0.25) is 4.68 Å². The lowest BCUT2D eigenvalue weighted by atomic mass is 9.86. The summed E-state index contributed by atoms with van der Waals surface area (Å²) in [6.07, 6.45) is 8.30. The highest BCUT2D eigenvalue weighted by molar-refractivity contribution is 6.31. The highest BCUT2D eigenvalue weighted by Crippen LogP contribution is 2.34. The number of halogens is 1. The van der Waals surface area contributed by atoms with Crippen LogP contribution in [0, 0.1) is 0 Å². The van der Waals surface area contributed by atoms with Crippen molar-refractivity contribution < 1.29 is 0 Å². The Morgan fingerprint density at radius 2 is 1.95 bits per heavy atom. The van der Waals surface area contributed by atoms with Gasteiger partial charge >= 0.3 is 0 Å². The van der Waals surface area contributed by atoms with Crippen LogP contribution in [0.1, 0.15) is 49.3 Å². The van der Waals surface area contributed by atoms with Crippen LogP contribution in [0.4, 0.5) is 5.69 Å². The summed E-state index contributed by atoms with van der Waals surface area (Å²) in [5.41, 5.74) is 9.13. The third-order valence-electron chi connectivity index (χ3n) is 4.10. The SMILES string of the molecule is Nc1cn(Cc2ccccc2Cl)nc1C1CCCCC1. The van der Waals surface area contributed by atoms with Crippen molar-refractivity contribution in [2.45, 2.75) is 44.6 Å². The monoisotopic (exact) mass is 289 g/mol. The van der Waals surface area contributed by atoms with Gasteiger partial charge in [-0.2, -0.15) is 5.10 Å². The van der Waals surface area contributed by atoms with Crippen LogP contribution in [-0.4, -0.2) is 9.78 Å². The minimum Gasteiger partial charge on any atom is -0.396 e. The van der Waals surface area contributed by atoms with Crippen molar-refractivity contribution in [1.29, 1.82) is 0 Å². The number of nitrogens with two attached hydrogens (primary N) is 1. The second-order valence-electron chi connectivity index (χ2n) is 5.59. The van der Waals surface area contributed by atoms with Gasteiger partial charge in [-0.25, -0.2) is 0 Å². The maximum Gasteiger partial charge on any atom is 0.0884 e. The van der Waals surface area contributed by atoms with Gasteiger partial charge in [0.15, 0.2) is 0 Å². The molecule has 1 aliphatic rings. The van der Waals surface area contributed by atoms with Gasteiger partial charge in [0, 0.05) is 17.1 Å². The van der Waals surface area contributed by atoms with Gasteiger partial charge in [-0.05, 0) is 24.5 Å². The number of nitrogen functional groups attached to an aromatic ring is 1. The molecule has 20 heavy (non-hydrogen) atoms. The lowest BCUT2D eigenvalue weighted by Gasteiger charge is -2.20. The Labute approximate surface area is 124 Å². The largest absolute Gasteiger partial charge is 0.396 e. The molecule has 1 aliphatic carbocycles. The van der Waals surface area contributed by atoms with Crippen molar-refractivity contribution in [3.8, 4) is 0 Å². The van der Waals surface area contributed by atoms with Crippen molar-refractivity contribution in [2.24, 2.45) is 0 Å². The van der Waals surface area contributed by atoms with E-state index in [4.69, 9.17) is 22.4 Å². The molecule has 3 nitrogen and oxygen atoms in total. The molecule has 0 radical (unpaired) electrons. The molecule has 1 heterocycles. The molecule has 0 amide bonds. The molecule has 2 N–H and O–H groups in total. The van der Waals surface area contributed by atoms with Gasteiger partial charge < -0.3 is 5.73 Å². The van der Waals surface area contributed by atoms with Gasteiger partial charge in [0.05, 0.1) is 17.9 Å². The molecule has 2 aromatic rings. The predicted octanol–water partition coefficient (Wildman–Crippen LogP) is 4.21. The maximum absolute atomic E-state index is 6.20. The van der Waals surface area contributed by atoms with Crippen LogP contribution in [0.15, 0.2) is 30.5 Å². The van der Waals surface area contributed by atoms with E-state index in [0.29, 0.717) is 12.5 Å². The average Bonchev–Trinajstić information content (AvgIpc) is 2.83. The first-order valence-electron chi connectivity index (χ1n) is 7.30. The summed E-state index contributed by atoms with van der Waals surface area (Å²) in [5.74, 6) is 0.538. The van der Waals surface area contributed by atoms with Crippen LogP contribution in [-0.2, 0) is 6.54 Å². The Kier molecular flexibility index (Phi) is 3.97. The van der Waals surface area contributed by atoms with Gasteiger partial charge in [-0.15, -0.1) is 0 Å². The van der Waals surface area contributed by atoms with E-state index in [2.05, 4.69) is 0 Å². The van der Waals surface area contributed by atoms with E-state index in [9.17, 15) is 0 Å². The number of hydrogen-bond donors (Lipinski definition) is 1. The summed E-state index contributed by atoms with van der Waals surface area (Å²) >= 11 is 6.20. The molecule has 1 aromatic heterocycles. The highest BCUT2D eigenvalue weighted by atomic mass is 35.5. The topological polar surface area (TPSA) is 43.8 Å². The van der Waals surface area contributed by atoms with Crippen molar-refractivity contribution in [2.75, 3.05) is 5.73 Å². The van der Waals surface area contributed by atoms with E-state index in [1.165, 1.54) is 32.1 Å². The van der Waals surface area contributed by atoms with E-state index in [-0.39, 0.29) is 0 Å². The third kappa shape index (κ3) is 2.83. The molecular formula is C16H20ClN3. The third-order valence-corrected chi connectivity index (χ3v) is 4.47. The van der Waals surface area contributed by atoms with Crippen molar-refractivity contribution in [3.05, 3.63) is 46.7 Å². The fraction of sp³-hybridized carbons (Fsp3) is 0.438. The van der Waals surface area contributed by atoms with E-state index >= 15 is 0 Å². The zero-order valence-corrected chi connectivity index (χ0v) is 12.3. The maximum atomic E-state index is 6.20. The first-order valence-corrected chi connectivity index (χ1v) is 7.68. The Morgan fingerprint density at radius 3 is 2.70 bits per heavy atom. The lowest BCUT2D eigenvalue weighted by molar-refractivity contribution is 0.433. The van der Waals surface area contributed by atoms with Gasteiger partial charge in [-0.1, -0.05) is 49.1 Å². The van der Waals surface area contributed by atoms with Gasteiger partial charge in [0.25, 0.3) is 0 Å². The minimum atomic E-state index is 0.538. The number of benzene rings is 1. The molecule has 4 heteroatoms. The number of nitrogens with zero attached hydrogens (tertiary/aromatic N) is 2. The van der Waals surface area contributed by atoms with E-state index < -0.39 is 0 Å². The molecule has 0 aliphatic heterocycles. The molecule has 0 unspecified atom stereocenters. The van der Waals surface area contributed by atoms with E-state index in [1.54, 1.807) is 0 Å². The summed E-state index contributed by atoms with van der Waals surface area (Å²) in [6, 6.07) is 7.87. The summed E-state index contributed by atoms with van der Waals surface area (Å²) in [4.78, 5) is 0. The number of anilines is 1. The fourth-order valence-electron chi connectivity index (χ4n) is 3.03. The molecule has 0 spiro atoms. The molecular weight excluding hydrogens is 270 g/mol. The number of aromatic nitrogens is 2. The van der Waals surface area contributed by atoms with Crippen LogP contribution in [0.5, 0.6) is 0 Å². The molecule has 0 atom stereocenters. The quantitative estimate of drug-likeness (QED) is 0.919. The van der Waals surface area contributed by atoms with E-state index in [1.807, 2.05) is 35.1 Å². The predicted molar refractivity (Wildman–Crippen MR) is 83.0 cm³/mol. The number of rotatable bonds is 3. The molecule has 0 bridgehead atoms. The summed E-state index contributed by atoms with van der Waals surface area (Å²) < 4.78 is 1.92. The summed E-state index contributed by atoms with van der Waals surface area (Å²) in [5, 5.41) is 5.48. The van der Waals surface area contributed by atoms with E-state index in [0.717, 1.165) is 22.0 Å². The molecule has 1 saturated carbocycles. The second-order valence-corrected chi connectivity index (χ2v) is 6.00. The van der Waals surface area contributed by atoms with Crippen molar-refractivity contribution in [3.63, 3.8) is 0 Å². The fourth-order valence-corrected chi connectivity index (χ4v) is 3.22. The molecule has 106 valence electrons. The molecule has 1 aromatic carbocycles. The number of hydrogen-bond acceptors (Lipinski definition) is 2. The summed E-state index contributed by atoms with van der Waals surface area (Å²) in [6.45, 7) is 0.677. The zero-order valence-electron chi connectivity index (χ0n) is 11.6.